The Hall–Kier alpha value is -0.830. The summed E-state index contributed by atoms with van der Waals surface area (Å²) in [5.41, 5.74) is 8.78. The third kappa shape index (κ3) is 3.86. The van der Waals surface area contributed by atoms with E-state index in [9.17, 15) is 0 Å². The van der Waals surface area contributed by atoms with Crippen molar-refractivity contribution in [1.82, 2.24) is 0 Å². The number of halogens is 1. The van der Waals surface area contributed by atoms with Crippen molar-refractivity contribution in [3.8, 4) is 0 Å². The normalized spacial score (nSPS) is 30.2. The number of hydrogen-bond acceptors (Lipinski definition) is 0. The molecule has 0 aliphatic heterocycles. The van der Waals surface area contributed by atoms with Crippen LogP contribution in [0.5, 0.6) is 0 Å². The minimum atomic E-state index is 0.315. The van der Waals surface area contributed by atoms with Gasteiger partial charge in [-0.25, -0.2) is 0 Å². The topological polar surface area (TPSA) is 0 Å². The minimum absolute atomic E-state index is 0.315. The SMILES string of the molecule is C=C/C=C(\CC1CC2=C(C=CCC2)C1(C)C)[C@H]1CCC2=C(CCC(I)=C2)C1. The van der Waals surface area contributed by atoms with E-state index in [2.05, 4.69) is 67.3 Å². The summed E-state index contributed by atoms with van der Waals surface area (Å²) in [6, 6.07) is 0. The van der Waals surface area contributed by atoms with Crippen molar-refractivity contribution in [2.45, 2.75) is 71.6 Å². The first-order chi connectivity index (χ1) is 13.0. The largest absolute Gasteiger partial charge is 0.0991 e. The van der Waals surface area contributed by atoms with Gasteiger partial charge in [-0.3, -0.25) is 0 Å². The predicted octanol–water partition coefficient (Wildman–Crippen LogP) is 8.39. The Bertz CT molecular complexity index is 781. The Morgan fingerprint density at radius 2 is 2.04 bits per heavy atom. The molecule has 4 rings (SSSR count). The molecule has 0 aromatic rings. The van der Waals surface area contributed by atoms with Crippen LogP contribution in [0.3, 0.4) is 0 Å². The molecule has 0 aromatic heterocycles. The Balaban J connectivity index is 1.51. The van der Waals surface area contributed by atoms with E-state index in [0.29, 0.717) is 5.41 Å². The summed E-state index contributed by atoms with van der Waals surface area (Å²) in [5.74, 6) is 1.48. The third-order valence-electron chi connectivity index (χ3n) is 7.53. The molecule has 1 heteroatoms. The summed E-state index contributed by atoms with van der Waals surface area (Å²) in [6.45, 7) is 9.01. The van der Waals surface area contributed by atoms with Crippen molar-refractivity contribution in [3.63, 3.8) is 0 Å². The molecule has 0 N–H and O–H groups in total. The van der Waals surface area contributed by atoms with Crippen LogP contribution in [0.2, 0.25) is 0 Å². The van der Waals surface area contributed by atoms with Gasteiger partial charge in [0.1, 0.15) is 0 Å². The lowest BCUT2D eigenvalue weighted by molar-refractivity contribution is 0.284. The van der Waals surface area contributed by atoms with Crippen LogP contribution in [-0.4, -0.2) is 0 Å². The lowest BCUT2D eigenvalue weighted by atomic mass is 9.70. The highest BCUT2D eigenvalue weighted by atomic mass is 127. The number of hydrogen-bond donors (Lipinski definition) is 0. The summed E-state index contributed by atoms with van der Waals surface area (Å²) in [7, 11) is 0. The van der Waals surface area contributed by atoms with Gasteiger partial charge in [0.2, 0.25) is 0 Å². The van der Waals surface area contributed by atoms with Crippen molar-refractivity contribution in [1.29, 1.82) is 0 Å². The van der Waals surface area contributed by atoms with Crippen LogP contribution in [0.1, 0.15) is 71.6 Å². The highest BCUT2D eigenvalue weighted by Gasteiger charge is 2.41. The summed E-state index contributed by atoms with van der Waals surface area (Å²) >= 11 is 2.52. The lowest BCUT2D eigenvalue weighted by Crippen LogP contribution is -2.23. The summed E-state index contributed by atoms with van der Waals surface area (Å²) in [4.78, 5) is 0. The second-order valence-electron chi connectivity index (χ2n) is 9.42. The van der Waals surface area contributed by atoms with E-state index in [1.54, 1.807) is 31.4 Å². The molecule has 1 unspecified atom stereocenters. The Kier molecular flexibility index (Phi) is 5.69. The molecule has 0 amide bonds. The number of rotatable bonds is 4. The molecule has 2 atom stereocenters. The maximum atomic E-state index is 4.05. The van der Waals surface area contributed by atoms with Crippen molar-refractivity contribution in [3.05, 3.63) is 68.4 Å². The average Bonchev–Trinajstić information content (AvgIpc) is 2.91. The van der Waals surface area contributed by atoms with Crippen molar-refractivity contribution >= 4 is 22.6 Å². The molecule has 0 aromatic carbocycles. The van der Waals surface area contributed by atoms with E-state index in [1.165, 1.54) is 57.8 Å². The third-order valence-corrected chi connectivity index (χ3v) is 8.38. The first kappa shape index (κ1) is 19.5. The molecule has 0 radical (unpaired) electrons. The Labute approximate surface area is 179 Å². The molecular formula is C26H33I. The zero-order chi connectivity index (χ0) is 19.0. The van der Waals surface area contributed by atoms with Gasteiger partial charge in [-0.05, 0) is 118 Å². The molecule has 0 saturated heterocycles. The molecule has 4 aliphatic carbocycles. The fraction of sp³-hybridized carbons (Fsp3) is 0.538. The molecule has 27 heavy (non-hydrogen) atoms. The van der Waals surface area contributed by atoms with Gasteiger partial charge in [0.05, 0.1) is 0 Å². The quantitative estimate of drug-likeness (QED) is 0.285. The van der Waals surface area contributed by atoms with E-state index in [4.69, 9.17) is 0 Å². The van der Waals surface area contributed by atoms with Gasteiger partial charge in [0.15, 0.2) is 0 Å². The maximum Gasteiger partial charge on any atom is -0.00698 e. The zero-order valence-electron chi connectivity index (χ0n) is 17.0. The fourth-order valence-electron chi connectivity index (χ4n) is 5.82. The minimum Gasteiger partial charge on any atom is -0.0991 e. The van der Waals surface area contributed by atoms with Crippen LogP contribution < -0.4 is 0 Å². The monoisotopic (exact) mass is 472 g/mol. The van der Waals surface area contributed by atoms with Crippen LogP contribution in [0.15, 0.2) is 68.4 Å². The van der Waals surface area contributed by atoms with E-state index in [0.717, 1.165) is 11.8 Å². The molecule has 0 bridgehead atoms. The van der Waals surface area contributed by atoms with Crippen molar-refractivity contribution in [2.24, 2.45) is 17.3 Å². The second-order valence-corrected chi connectivity index (χ2v) is 10.8. The Morgan fingerprint density at radius 3 is 2.81 bits per heavy atom. The van der Waals surface area contributed by atoms with Gasteiger partial charge in [-0.1, -0.05) is 61.4 Å². The van der Waals surface area contributed by atoms with Gasteiger partial charge in [0.25, 0.3) is 0 Å². The van der Waals surface area contributed by atoms with Crippen LogP contribution in [-0.2, 0) is 0 Å². The average molecular weight is 472 g/mol. The molecule has 0 heterocycles. The molecule has 0 saturated carbocycles. The van der Waals surface area contributed by atoms with E-state index >= 15 is 0 Å². The number of allylic oxidation sites excluding steroid dienone is 11. The first-order valence-corrected chi connectivity index (χ1v) is 11.8. The van der Waals surface area contributed by atoms with Gasteiger partial charge >= 0.3 is 0 Å². The van der Waals surface area contributed by atoms with Gasteiger partial charge in [-0.2, -0.15) is 0 Å². The summed E-state index contributed by atoms with van der Waals surface area (Å²) in [5, 5.41) is 0. The first-order valence-electron chi connectivity index (χ1n) is 10.8. The standard InChI is InChI=1S/C26H33I/c1-4-7-18(19-10-11-21-17-24(27)13-12-20(21)14-19)15-23-16-22-8-5-6-9-25(22)26(23,2)3/h4,6-7,9,17,19,23H,1,5,8,10-16H2,2-3H3/b18-7+/t19-,23?/m0/s1. The zero-order valence-corrected chi connectivity index (χ0v) is 19.1. The van der Waals surface area contributed by atoms with Crippen LogP contribution in [0.25, 0.3) is 0 Å². The molecule has 0 nitrogen and oxygen atoms in total. The lowest BCUT2D eigenvalue weighted by Gasteiger charge is -2.35. The molecule has 0 spiro atoms. The van der Waals surface area contributed by atoms with E-state index in [1.807, 2.05) is 6.08 Å². The summed E-state index contributed by atoms with van der Waals surface area (Å²) in [6.07, 6.45) is 23.2. The smallest absolute Gasteiger partial charge is 0.00698 e. The Morgan fingerprint density at radius 1 is 1.19 bits per heavy atom. The van der Waals surface area contributed by atoms with Gasteiger partial charge < -0.3 is 0 Å². The predicted molar refractivity (Wildman–Crippen MR) is 126 cm³/mol. The van der Waals surface area contributed by atoms with Crippen LogP contribution >= 0.6 is 22.6 Å². The van der Waals surface area contributed by atoms with Crippen molar-refractivity contribution < 1.29 is 0 Å². The van der Waals surface area contributed by atoms with Gasteiger partial charge in [0, 0.05) is 0 Å². The van der Waals surface area contributed by atoms with E-state index in [-0.39, 0.29) is 0 Å². The van der Waals surface area contributed by atoms with E-state index < -0.39 is 0 Å². The van der Waals surface area contributed by atoms with Gasteiger partial charge in [-0.15, -0.1) is 0 Å². The van der Waals surface area contributed by atoms with Crippen molar-refractivity contribution in [2.75, 3.05) is 0 Å². The summed E-state index contributed by atoms with van der Waals surface area (Å²) < 4.78 is 1.55. The maximum absolute atomic E-state index is 4.05. The molecule has 144 valence electrons. The fourth-order valence-corrected chi connectivity index (χ4v) is 6.47. The molecular weight excluding hydrogens is 439 g/mol. The highest BCUT2D eigenvalue weighted by molar-refractivity contribution is 14.1. The second kappa shape index (κ2) is 7.89. The molecule has 0 fully saturated rings. The van der Waals surface area contributed by atoms with Crippen LogP contribution in [0, 0.1) is 17.3 Å². The molecule has 4 aliphatic rings. The van der Waals surface area contributed by atoms with Crippen LogP contribution in [0.4, 0.5) is 0 Å². The highest BCUT2D eigenvalue weighted by Crippen LogP contribution is 2.53.